The van der Waals surface area contributed by atoms with Crippen LogP contribution in [0.2, 0.25) is 0 Å². The van der Waals surface area contributed by atoms with E-state index in [1.165, 1.54) is 18.4 Å². The first-order chi connectivity index (χ1) is 8.89. The fourth-order valence-corrected chi connectivity index (χ4v) is 2.67. The third kappa shape index (κ3) is 3.92. The number of nitrogens with one attached hydrogen (secondary N) is 1. The summed E-state index contributed by atoms with van der Waals surface area (Å²) in [5, 5.41) is 13.4. The molecule has 2 rings (SSSR count). The number of rotatable bonds is 4. The highest BCUT2D eigenvalue weighted by Gasteiger charge is 2.29. The highest BCUT2D eigenvalue weighted by Crippen LogP contribution is 2.21. The highest BCUT2D eigenvalue weighted by atomic mass is 32.2. The average molecular weight is 285 g/mol. The molecule has 1 aromatic rings. The van der Waals surface area contributed by atoms with Crippen molar-refractivity contribution >= 4 is 9.84 Å². The Morgan fingerprint density at radius 1 is 1.26 bits per heavy atom. The summed E-state index contributed by atoms with van der Waals surface area (Å²) >= 11 is 0. The lowest BCUT2D eigenvalue weighted by Gasteiger charge is -2.32. The first-order valence-electron chi connectivity index (χ1n) is 6.25. The van der Waals surface area contributed by atoms with E-state index in [1.54, 1.807) is 12.1 Å². The summed E-state index contributed by atoms with van der Waals surface area (Å²) in [6.45, 7) is 1.80. The van der Waals surface area contributed by atoms with Gasteiger partial charge in [0.05, 0.1) is 4.90 Å². The van der Waals surface area contributed by atoms with E-state index in [-0.39, 0.29) is 11.5 Å². The van der Waals surface area contributed by atoms with Crippen LogP contribution in [0.25, 0.3) is 0 Å². The normalized spacial score (nSPS) is 19.1. The van der Waals surface area contributed by atoms with Gasteiger partial charge in [-0.3, -0.25) is 0 Å². The summed E-state index contributed by atoms with van der Waals surface area (Å²) in [5.41, 5.74) is -0.791. The van der Waals surface area contributed by atoms with Crippen molar-refractivity contribution in [3.63, 3.8) is 0 Å². The van der Waals surface area contributed by atoms with E-state index < -0.39 is 15.4 Å². The quantitative estimate of drug-likeness (QED) is 0.846. The lowest BCUT2D eigenvalue weighted by Crippen LogP contribution is -2.45. The van der Waals surface area contributed by atoms with Crippen LogP contribution >= 0.6 is 0 Å². The molecule has 0 bridgehead atoms. The summed E-state index contributed by atoms with van der Waals surface area (Å²) in [5.74, 6) is 0.569. The predicted octanol–water partition coefficient (Wildman–Crippen LogP) is 0.583. The van der Waals surface area contributed by atoms with Gasteiger partial charge in [-0.15, -0.1) is 0 Å². The van der Waals surface area contributed by atoms with E-state index in [4.69, 9.17) is 4.74 Å². The average Bonchev–Trinajstić information content (AvgIpc) is 2.37. The minimum Gasteiger partial charge on any atom is -0.491 e. The van der Waals surface area contributed by atoms with Crippen LogP contribution in [0.4, 0.5) is 0 Å². The van der Waals surface area contributed by atoms with Crippen LogP contribution in [0, 0.1) is 0 Å². The van der Waals surface area contributed by atoms with E-state index in [1.807, 2.05) is 0 Å². The second-order valence-corrected chi connectivity index (χ2v) is 7.02. The molecule has 1 fully saturated rings. The van der Waals surface area contributed by atoms with Crippen molar-refractivity contribution in [2.24, 2.45) is 0 Å². The van der Waals surface area contributed by atoms with E-state index in [0.717, 1.165) is 13.1 Å². The lowest BCUT2D eigenvalue weighted by atomic mass is 9.94. The smallest absolute Gasteiger partial charge is 0.175 e. The van der Waals surface area contributed by atoms with Gasteiger partial charge in [0.15, 0.2) is 9.84 Å². The first-order valence-corrected chi connectivity index (χ1v) is 8.14. The third-order valence-electron chi connectivity index (χ3n) is 3.29. The molecule has 1 saturated heterocycles. The summed E-state index contributed by atoms with van der Waals surface area (Å²) in [6.07, 6.45) is 2.49. The molecular weight excluding hydrogens is 266 g/mol. The predicted molar refractivity (Wildman–Crippen MR) is 72.1 cm³/mol. The van der Waals surface area contributed by atoms with Crippen LogP contribution in [0.3, 0.4) is 0 Å². The number of hydrogen-bond donors (Lipinski definition) is 2. The maximum absolute atomic E-state index is 11.3. The van der Waals surface area contributed by atoms with E-state index in [2.05, 4.69) is 5.32 Å². The fourth-order valence-electron chi connectivity index (χ4n) is 2.04. The molecule has 0 unspecified atom stereocenters. The minimum atomic E-state index is -3.18. The standard InChI is InChI=1S/C13H19NO4S/c1-19(16,17)12-4-2-11(3-5-12)18-10-13(15)6-8-14-9-7-13/h2-5,14-15H,6-10H2,1H3. The molecule has 6 heteroatoms. The SMILES string of the molecule is CS(=O)(=O)c1ccc(OCC2(O)CCNCC2)cc1. The molecule has 2 N–H and O–H groups in total. The Bertz CT molecular complexity index is 518. The second-order valence-electron chi connectivity index (χ2n) is 5.01. The van der Waals surface area contributed by atoms with Crippen LogP contribution in [0.5, 0.6) is 5.75 Å². The van der Waals surface area contributed by atoms with Crippen molar-refractivity contribution in [1.82, 2.24) is 5.32 Å². The number of sulfone groups is 1. The summed E-state index contributed by atoms with van der Waals surface area (Å²) < 4.78 is 28.2. The molecule has 0 aliphatic carbocycles. The highest BCUT2D eigenvalue weighted by molar-refractivity contribution is 7.90. The molecule has 0 radical (unpaired) electrons. The van der Waals surface area contributed by atoms with Crippen molar-refractivity contribution in [2.45, 2.75) is 23.3 Å². The zero-order valence-corrected chi connectivity index (χ0v) is 11.7. The molecule has 1 aliphatic rings. The van der Waals surface area contributed by atoms with Gasteiger partial charge in [0, 0.05) is 6.26 Å². The molecule has 1 aromatic carbocycles. The molecule has 0 atom stereocenters. The summed E-state index contributed by atoms with van der Waals surface area (Å²) in [6, 6.07) is 6.25. The van der Waals surface area contributed by atoms with Crippen molar-refractivity contribution in [3.8, 4) is 5.75 Å². The van der Waals surface area contributed by atoms with Crippen molar-refractivity contribution in [2.75, 3.05) is 26.0 Å². The van der Waals surface area contributed by atoms with E-state index in [0.29, 0.717) is 18.6 Å². The number of ether oxygens (including phenoxy) is 1. The van der Waals surface area contributed by atoms with Gasteiger partial charge in [-0.2, -0.15) is 0 Å². The Hall–Kier alpha value is -1.11. The Kier molecular flexibility index (Phi) is 4.13. The minimum absolute atomic E-state index is 0.229. The largest absolute Gasteiger partial charge is 0.491 e. The van der Waals surface area contributed by atoms with Crippen molar-refractivity contribution in [3.05, 3.63) is 24.3 Å². The Balaban J connectivity index is 1.96. The van der Waals surface area contributed by atoms with Gasteiger partial charge in [-0.1, -0.05) is 0 Å². The second kappa shape index (κ2) is 5.48. The monoisotopic (exact) mass is 285 g/mol. The van der Waals surface area contributed by atoms with Crippen LogP contribution in [-0.2, 0) is 9.84 Å². The number of aliphatic hydroxyl groups is 1. The van der Waals surface area contributed by atoms with Crippen LogP contribution in [0.15, 0.2) is 29.2 Å². The first kappa shape index (κ1) is 14.3. The molecule has 1 aliphatic heterocycles. The topological polar surface area (TPSA) is 75.6 Å². The van der Waals surface area contributed by atoms with Gasteiger partial charge in [0.2, 0.25) is 0 Å². The Labute approximate surface area is 113 Å². The maximum atomic E-state index is 11.3. The lowest BCUT2D eigenvalue weighted by molar-refractivity contribution is -0.0286. The molecular formula is C13H19NO4S. The van der Waals surface area contributed by atoms with Gasteiger partial charge in [-0.25, -0.2) is 8.42 Å². The van der Waals surface area contributed by atoms with E-state index >= 15 is 0 Å². The van der Waals surface area contributed by atoms with Gasteiger partial charge in [0.1, 0.15) is 18.0 Å². The number of hydrogen-bond acceptors (Lipinski definition) is 5. The third-order valence-corrected chi connectivity index (χ3v) is 4.42. The molecule has 1 heterocycles. The molecule has 19 heavy (non-hydrogen) atoms. The fraction of sp³-hybridized carbons (Fsp3) is 0.538. The molecule has 0 aromatic heterocycles. The van der Waals surface area contributed by atoms with Crippen molar-refractivity contribution < 1.29 is 18.3 Å². The van der Waals surface area contributed by atoms with Crippen molar-refractivity contribution in [1.29, 1.82) is 0 Å². The molecule has 106 valence electrons. The van der Waals surface area contributed by atoms with Gasteiger partial charge in [0.25, 0.3) is 0 Å². The van der Waals surface area contributed by atoms with Crippen LogP contribution in [0.1, 0.15) is 12.8 Å². The Morgan fingerprint density at radius 3 is 2.37 bits per heavy atom. The molecule has 0 saturated carbocycles. The van der Waals surface area contributed by atoms with Gasteiger partial charge < -0.3 is 15.2 Å². The summed E-state index contributed by atoms with van der Waals surface area (Å²) in [7, 11) is -3.18. The zero-order chi connectivity index (χ0) is 13.9. The van der Waals surface area contributed by atoms with Gasteiger partial charge in [-0.05, 0) is 50.2 Å². The van der Waals surface area contributed by atoms with Crippen LogP contribution in [-0.4, -0.2) is 45.1 Å². The van der Waals surface area contributed by atoms with Gasteiger partial charge >= 0.3 is 0 Å². The summed E-state index contributed by atoms with van der Waals surface area (Å²) in [4.78, 5) is 0.264. The van der Waals surface area contributed by atoms with Crippen LogP contribution < -0.4 is 10.1 Å². The number of piperidine rings is 1. The molecule has 0 amide bonds. The zero-order valence-electron chi connectivity index (χ0n) is 10.9. The maximum Gasteiger partial charge on any atom is 0.175 e. The van der Waals surface area contributed by atoms with E-state index in [9.17, 15) is 13.5 Å². The Morgan fingerprint density at radius 2 is 1.84 bits per heavy atom. The number of benzene rings is 1. The molecule has 0 spiro atoms. The molecule has 5 nitrogen and oxygen atoms in total.